The number of rotatable bonds is 4. The molecule has 0 amide bonds. The molecule has 2 heterocycles. The van der Waals surface area contributed by atoms with Crippen LogP contribution in [0.25, 0.3) is 0 Å². The fourth-order valence-electron chi connectivity index (χ4n) is 1.49. The van der Waals surface area contributed by atoms with E-state index in [1.807, 2.05) is 4.98 Å². The number of aromatic amines is 1. The fourth-order valence-corrected chi connectivity index (χ4v) is 1.49. The highest BCUT2D eigenvalue weighted by molar-refractivity contribution is 5.29. The maximum atomic E-state index is 11.6. The van der Waals surface area contributed by atoms with Gasteiger partial charge in [-0.05, 0) is 0 Å². The van der Waals surface area contributed by atoms with E-state index in [4.69, 9.17) is 0 Å². The molecule has 10 heteroatoms. The molecule has 0 aromatic carbocycles. The van der Waals surface area contributed by atoms with Crippen molar-refractivity contribution in [3.8, 4) is 0 Å². The van der Waals surface area contributed by atoms with Gasteiger partial charge in [0.15, 0.2) is 0 Å². The van der Waals surface area contributed by atoms with Gasteiger partial charge >= 0.3 is 16.9 Å². The van der Waals surface area contributed by atoms with E-state index in [-0.39, 0.29) is 6.54 Å². The SMILES string of the molecule is CNc1cnc(Cn2cc([N+](=O)[O-])c(=O)[nH]c2=O)cn1. The van der Waals surface area contributed by atoms with Gasteiger partial charge in [0.2, 0.25) is 0 Å². The molecule has 2 aromatic heterocycles. The minimum atomic E-state index is -1.03. The van der Waals surface area contributed by atoms with Crippen molar-refractivity contribution in [2.45, 2.75) is 6.54 Å². The Morgan fingerprint density at radius 3 is 2.70 bits per heavy atom. The van der Waals surface area contributed by atoms with Crippen LogP contribution in [-0.2, 0) is 6.54 Å². The molecule has 0 saturated carbocycles. The maximum absolute atomic E-state index is 11.6. The van der Waals surface area contributed by atoms with Gasteiger partial charge in [-0.2, -0.15) is 0 Å². The molecule has 0 unspecified atom stereocenters. The number of aromatic nitrogens is 4. The highest BCUT2D eigenvalue weighted by atomic mass is 16.6. The van der Waals surface area contributed by atoms with Gasteiger partial charge in [0, 0.05) is 7.05 Å². The van der Waals surface area contributed by atoms with Crippen molar-refractivity contribution < 1.29 is 4.92 Å². The first-order chi connectivity index (χ1) is 9.51. The van der Waals surface area contributed by atoms with Crippen molar-refractivity contribution in [1.82, 2.24) is 19.5 Å². The highest BCUT2D eigenvalue weighted by Crippen LogP contribution is 2.03. The van der Waals surface area contributed by atoms with E-state index in [9.17, 15) is 19.7 Å². The van der Waals surface area contributed by atoms with Crippen molar-refractivity contribution in [3.63, 3.8) is 0 Å². The van der Waals surface area contributed by atoms with Crippen LogP contribution in [0.1, 0.15) is 5.69 Å². The molecule has 0 saturated heterocycles. The van der Waals surface area contributed by atoms with E-state index >= 15 is 0 Å². The average molecular weight is 278 g/mol. The predicted molar refractivity (Wildman–Crippen MR) is 68.7 cm³/mol. The van der Waals surface area contributed by atoms with E-state index in [1.54, 1.807) is 7.05 Å². The van der Waals surface area contributed by atoms with Gasteiger partial charge in [0.25, 0.3) is 0 Å². The minimum Gasteiger partial charge on any atom is -0.372 e. The normalized spacial score (nSPS) is 10.2. The lowest BCUT2D eigenvalue weighted by Crippen LogP contribution is -2.31. The zero-order valence-corrected chi connectivity index (χ0v) is 10.4. The summed E-state index contributed by atoms with van der Waals surface area (Å²) in [5.41, 5.74) is -2.06. The zero-order chi connectivity index (χ0) is 14.7. The van der Waals surface area contributed by atoms with Crippen LogP contribution < -0.4 is 16.6 Å². The summed E-state index contributed by atoms with van der Waals surface area (Å²) in [6, 6.07) is 0. The van der Waals surface area contributed by atoms with E-state index in [1.165, 1.54) is 12.4 Å². The Morgan fingerprint density at radius 2 is 2.15 bits per heavy atom. The number of H-pyrrole nitrogens is 1. The monoisotopic (exact) mass is 278 g/mol. The number of nitrogens with zero attached hydrogens (tertiary/aromatic N) is 4. The van der Waals surface area contributed by atoms with Crippen molar-refractivity contribution in [2.24, 2.45) is 0 Å². The van der Waals surface area contributed by atoms with Crippen LogP contribution in [0.4, 0.5) is 11.5 Å². The lowest BCUT2D eigenvalue weighted by molar-refractivity contribution is -0.386. The number of hydrogen-bond donors (Lipinski definition) is 2. The number of nitrogens with one attached hydrogen (secondary N) is 2. The first kappa shape index (κ1) is 13.4. The lowest BCUT2D eigenvalue weighted by Gasteiger charge is -2.04. The summed E-state index contributed by atoms with van der Waals surface area (Å²) in [7, 11) is 1.68. The Kier molecular flexibility index (Phi) is 3.55. The van der Waals surface area contributed by atoms with E-state index in [2.05, 4.69) is 15.3 Å². The second-order valence-electron chi connectivity index (χ2n) is 3.80. The van der Waals surface area contributed by atoms with Crippen LogP contribution in [-0.4, -0.2) is 31.5 Å². The maximum Gasteiger partial charge on any atom is 0.350 e. The Morgan fingerprint density at radius 1 is 1.40 bits per heavy atom. The van der Waals surface area contributed by atoms with E-state index in [0.29, 0.717) is 11.5 Å². The molecule has 2 rings (SSSR count). The van der Waals surface area contributed by atoms with Crippen molar-refractivity contribution >= 4 is 11.5 Å². The van der Waals surface area contributed by atoms with Gasteiger partial charge in [0.05, 0.1) is 35.8 Å². The topological polar surface area (TPSA) is 136 Å². The van der Waals surface area contributed by atoms with Crippen LogP contribution in [0.2, 0.25) is 0 Å². The largest absolute Gasteiger partial charge is 0.372 e. The van der Waals surface area contributed by atoms with Gasteiger partial charge in [-0.3, -0.25) is 29.4 Å². The predicted octanol–water partition coefficient (Wildman–Crippen LogP) is -0.675. The van der Waals surface area contributed by atoms with Gasteiger partial charge < -0.3 is 5.32 Å². The molecule has 104 valence electrons. The average Bonchev–Trinajstić information content (AvgIpc) is 2.42. The molecule has 0 radical (unpaired) electrons. The van der Waals surface area contributed by atoms with E-state index in [0.717, 1.165) is 10.8 Å². The fraction of sp³-hybridized carbons (Fsp3) is 0.200. The molecule has 0 spiro atoms. The molecule has 10 nitrogen and oxygen atoms in total. The zero-order valence-electron chi connectivity index (χ0n) is 10.4. The summed E-state index contributed by atoms with van der Waals surface area (Å²) >= 11 is 0. The molecule has 0 aliphatic rings. The summed E-state index contributed by atoms with van der Waals surface area (Å²) in [5, 5.41) is 13.4. The van der Waals surface area contributed by atoms with Crippen molar-refractivity contribution in [1.29, 1.82) is 0 Å². The summed E-state index contributed by atoms with van der Waals surface area (Å²) in [5.74, 6) is 0.550. The smallest absolute Gasteiger partial charge is 0.350 e. The van der Waals surface area contributed by atoms with Gasteiger partial charge in [-0.1, -0.05) is 0 Å². The third-order valence-corrected chi connectivity index (χ3v) is 2.48. The second-order valence-corrected chi connectivity index (χ2v) is 3.80. The van der Waals surface area contributed by atoms with E-state index < -0.39 is 21.9 Å². The summed E-state index contributed by atoms with van der Waals surface area (Å²) in [6.07, 6.45) is 3.77. The van der Waals surface area contributed by atoms with Crippen LogP contribution in [0.15, 0.2) is 28.2 Å². The third-order valence-electron chi connectivity index (χ3n) is 2.48. The summed E-state index contributed by atoms with van der Waals surface area (Å²) in [6.45, 7) is -0.0343. The molecular formula is C10H10N6O4. The third kappa shape index (κ3) is 2.68. The van der Waals surface area contributed by atoms with Crippen LogP contribution in [0.5, 0.6) is 0 Å². The molecule has 0 bridgehead atoms. The highest BCUT2D eigenvalue weighted by Gasteiger charge is 2.15. The number of anilines is 1. The Labute approximate surface area is 111 Å². The quantitative estimate of drug-likeness (QED) is 0.558. The van der Waals surface area contributed by atoms with Crippen molar-refractivity contribution in [3.05, 3.63) is 55.2 Å². The van der Waals surface area contributed by atoms with Gasteiger partial charge in [-0.25, -0.2) is 9.78 Å². The molecule has 2 N–H and O–H groups in total. The van der Waals surface area contributed by atoms with Crippen LogP contribution in [0.3, 0.4) is 0 Å². The summed E-state index contributed by atoms with van der Waals surface area (Å²) < 4.78 is 0.989. The van der Waals surface area contributed by atoms with Crippen LogP contribution in [0, 0.1) is 10.1 Å². The number of hydrogen-bond acceptors (Lipinski definition) is 7. The molecule has 2 aromatic rings. The molecule has 0 aliphatic heterocycles. The van der Waals surface area contributed by atoms with Crippen LogP contribution >= 0.6 is 0 Å². The lowest BCUT2D eigenvalue weighted by atomic mass is 10.4. The van der Waals surface area contributed by atoms with Gasteiger partial charge in [0.1, 0.15) is 5.82 Å². The summed E-state index contributed by atoms with van der Waals surface area (Å²) in [4.78, 5) is 42.5. The molecule has 0 fully saturated rings. The second kappa shape index (κ2) is 5.30. The molecule has 0 aliphatic carbocycles. The Balaban J connectivity index is 2.37. The Hall–Kier alpha value is -3.04. The Bertz CT molecular complexity index is 748. The first-order valence-corrected chi connectivity index (χ1v) is 5.48. The molecule has 0 atom stereocenters. The van der Waals surface area contributed by atoms with Crippen molar-refractivity contribution in [2.75, 3.05) is 12.4 Å². The molecule has 20 heavy (non-hydrogen) atoms. The first-order valence-electron chi connectivity index (χ1n) is 5.48. The standard InChI is InChI=1S/C10H10N6O4/c1-11-8-3-12-6(2-13-8)4-15-5-7(16(19)20)9(17)14-10(15)18/h2-3,5H,4H2,1H3,(H,11,13)(H,14,17,18). The minimum absolute atomic E-state index is 0.0343. The number of nitro groups is 1. The molecular weight excluding hydrogens is 268 g/mol. The van der Waals surface area contributed by atoms with Gasteiger partial charge in [-0.15, -0.1) is 0 Å².